The molecule has 3 nitrogen and oxygen atoms in total. The van der Waals surface area contributed by atoms with Crippen LogP contribution in [0.5, 0.6) is 0 Å². The number of fused-ring (bicyclic) bond motifs is 1. The summed E-state index contributed by atoms with van der Waals surface area (Å²) in [6.45, 7) is 2.01. The van der Waals surface area contributed by atoms with Crippen LogP contribution in [0.25, 0.3) is 21.6 Å². The molecule has 0 amide bonds. The Balaban J connectivity index is 2.32. The molecule has 0 saturated heterocycles. The molecule has 0 aliphatic carbocycles. The molecule has 4 heteroatoms. The molecule has 17 heavy (non-hydrogen) atoms. The predicted octanol–water partition coefficient (Wildman–Crippen LogP) is 2.96. The zero-order valence-corrected chi connectivity index (χ0v) is 10.0. The van der Waals surface area contributed by atoms with Crippen LogP contribution in [0.2, 0.25) is 0 Å². The van der Waals surface area contributed by atoms with Gasteiger partial charge in [0.1, 0.15) is 10.5 Å². The van der Waals surface area contributed by atoms with E-state index in [1.54, 1.807) is 0 Å². The highest BCUT2D eigenvalue weighted by atomic mass is 32.1. The van der Waals surface area contributed by atoms with E-state index in [0.29, 0.717) is 10.5 Å². The lowest BCUT2D eigenvalue weighted by molar-refractivity contribution is 1.18. The smallest absolute Gasteiger partial charge is 0.269 e. The highest BCUT2D eigenvalue weighted by molar-refractivity contribution is 7.17. The molecule has 0 fully saturated rings. The van der Waals surface area contributed by atoms with Crippen molar-refractivity contribution in [2.75, 3.05) is 0 Å². The number of aromatic amines is 1. The fourth-order valence-corrected chi connectivity index (χ4v) is 2.56. The number of benzene rings is 1. The number of aromatic nitrogens is 2. The second-order valence-corrected chi connectivity index (χ2v) is 4.78. The van der Waals surface area contributed by atoms with Gasteiger partial charge in [0.25, 0.3) is 5.56 Å². The van der Waals surface area contributed by atoms with Gasteiger partial charge in [-0.2, -0.15) is 0 Å². The molecule has 0 bridgehead atoms. The lowest BCUT2D eigenvalue weighted by Crippen LogP contribution is -2.07. The SMILES string of the molecule is Cc1ccccc1-c1nc2ccsc2c(=O)[nH]1. The van der Waals surface area contributed by atoms with Crippen LogP contribution in [0.15, 0.2) is 40.5 Å². The Bertz CT molecular complexity index is 742. The molecule has 0 unspecified atom stereocenters. The molecule has 3 aromatic rings. The lowest BCUT2D eigenvalue weighted by atomic mass is 10.1. The van der Waals surface area contributed by atoms with Crippen molar-refractivity contribution in [3.63, 3.8) is 0 Å². The molecular formula is C13H10N2OS. The van der Waals surface area contributed by atoms with Gasteiger partial charge < -0.3 is 4.98 Å². The molecule has 0 saturated carbocycles. The van der Waals surface area contributed by atoms with E-state index in [2.05, 4.69) is 9.97 Å². The van der Waals surface area contributed by atoms with Crippen LogP contribution in [0.4, 0.5) is 0 Å². The van der Waals surface area contributed by atoms with Gasteiger partial charge in [-0.05, 0) is 23.9 Å². The molecule has 1 N–H and O–H groups in total. The normalized spacial score (nSPS) is 10.9. The molecule has 1 aromatic carbocycles. The van der Waals surface area contributed by atoms with E-state index in [9.17, 15) is 4.79 Å². The average Bonchev–Trinajstić information content (AvgIpc) is 2.78. The molecule has 84 valence electrons. The highest BCUT2D eigenvalue weighted by Crippen LogP contribution is 2.21. The summed E-state index contributed by atoms with van der Waals surface area (Å²) in [5, 5.41) is 1.88. The van der Waals surface area contributed by atoms with Crippen LogP contribution < -0.4 is 5.56 Å². The summed E-state index contributed by atoms with van der Waals surface area (Å²) in [5.41, 5.74) is 2.77. The van der Waals surface area contributed by atoms with Gasteiger partial charge in [0.15, 0.2) is 0 Å². The summed E-state index contributed by atoms with van der Waals surface area (Å²) in [4.78, 5) is 19.2. The Morgan fingerprint density at radius 1 is 1.24 bits per heavy atom. The second kappa shape index (κ2) is 3.82. The third-order valence-corrected chi connectivity index (χ3v) is 3.62. The van der Waals surface area contributed by atoms with Gasteiger partial charge in [0.2, 0.25) is 0 Å². The van der Waals surface area contributed by atoms with Crippen LogP contribution in [-0.4, -0.2) is 9.97 Å². The minimum absolute atomic E-state index is 0.0664. The van der Waals surface area contributed by atoms with E-state index in [-0.39, 0.29) is 5.56 Å². The Kier molecular flexibility index (Phi) is 2.30. The molecule has 0 aliphatic rings. The number of nitrogens with one attached hydrogen (secondary N) is 1. The van der Waals surface area contributed by atoms with Crippen LogP contribution >= 0.6 is 11.3 Å². The van der Waals surface area contributed by atoms with E-state index in [1.165, 1.54) is 11.3 Å². The molecule has 0 spiro atoms. The molecule has 0 atom stereocenters. The van der Waals surface area contributed by atoms with E-state index in [1.807, 2.05) is 42.6 Å². The largest absolute Gasteiger partial charge is 0.305 e. The van der Waals surface area contributed by atoms with Gasteiger partial charge in [-0.15, -0.1) is 11.3 Å². The van der Waals surface area contributed by atoms with Gasteiger partial charge in [0, 0.05) is 5.56 Å². The fraction of sp³-hybridized carbons (Fsp3) is 0.0769. The number of nitrogens with zero attached hydrogens (tertiary/aromatic N) is 1. The van der Waals surface area contributed by atoms with Gasteiger partial charge in [-0.25, -0.2) is 4.98 Å². The zero-order chi connectivity index (χ0) is 11.8. The van der Waals surface area contributed by atoms with E-state index < -0.39 is 0 Å². The van der Waals surface area contributed by atoms with Crippen LogP contribution in [0, 0.1) is 6.92 Å². The average molecular weight is 242 g/mol. The summed E-state index contributed by atoms with van der Waals surface area (Å²) >= 11 is 1.42. The molecule has 3 rings (SSSR count). The van der Waals surface area contributed by atoms with Crippen molar-refractivity contribution < 1.29 is 0 Å². The Hall–Kier alpha value is -1.94. The number of hydrogen-bond donors (Lipinski definition) is 1. The summed E-state index contributed by atoms with van der Waals surface area (Å²) in [6.07, 6.45) is 0. The quantitative estimate of drug-likeness (QED) is 0.713. The van der Waals surface area contributed by atoms with Crippen LogP contribution in [0.1, 0.15) is 5.56 Å². The lowest BCUT2D eigenvalue weighted by Gasteiger charge is -2.04. The number of thiophene rings is 1. The summed E-state index contributed by atoms with van der Waals surface area (Å²) in [6, 6.07) is 9.76. The monoisotopic (exact) mass is 242 g/mol. The van der Waals surface area contributed by atoms with E-state index in [0.717, 1.165) is 16.6 Å². The topological polar surface area (TPSA) is 45.8 Å². The molecular weight excluding hydrogens is 232 g/mol. The summed E-state index contributed by atoms with van der Waals surface area (Å²) in [7, 11) is 0. The van der Waals surface area contributed by atoms with Gasteiger partial charge in [-0.3, -0.25) is 4.79 Å². The Morgan fingerprint density at radius 3 is 2.88 bits per heavy atom. The van der Waals surface area contributed by atoms with Crippen molar-refractivity contribution in [3.05, 3.63) is 51.6 Å². The predicted molar refractivity (Wildman–Crippen MR) is 70.4 cm³/mol. The van der Waals surface area contributed by atoms with E-state index >= 15 is 0 Å². The molecule has 0 aliphatic heterocycles. The van der Waals surface area contributed by atoms with E-state index in [4.69, 9.17) is 0 Å². The van der Waals surface area contributed by atoms with Crippen molar-refractivity contribution in [1.29, 1.82) is 0 Å². The first-order chi connectivity index (χ1) is 8.25. The molecule has 0 radical (unpaired) electrons. The van der Waals surface area contributed by atoms with Crippen molar-refractivity contribution in [3.8, 4) is 11.4 Å². The molecule has 2 heterocycles. The maximum Gasteiger partial charge on any atom is 0.269 e. The fourth-order valence-electron chi connectivity index (χ4n) is 1.84. The maximum atomic E-state index is 11.9. The third-order valence-electron chi connectivity index (χ3n) is 2.72. The zero-order valence-electron chi connectivity index (χ0n) is 9.23. The molecule has 2 aromatic heterocycles. The van der Waals surface area contributed by atoms with Gasteiger partial charge >= 0.3 is 0 Å². The highest BCUT2D eigenvalue weighted by Gasteiger charge is 2.07. The van der Waals surface area contributed by atoms with Gasteiger partial charge in [-0.1, -0.05) is 24.3 Å². The van der Waals surface area contributed by atoms with Crippen molar-refractivity contribution in [2.24, 2.45) is 0 Å². The number of H-pyrrole nitrogens is 1. The van der Waals surface area contributed by atoms with Crippen LogP contribution in [-0.2, 0) is 0 Å². The van der Waals surface area contributed by atoms with Crippen molar-refractivity contribution in [1.82, 2.24) is 9.97 Å². The minimum Gasteiger partial charge on any atom is -0.305 e. The van der Waals surface area contributed by atoms with Crippen molar-refractivity contribution in [2.45, 2.75) is 6.92 Å². The van der Waals surface area contributed by atoms with Gasteiger partial charge in [0.05, 0.1) is 5.52 Å². The maximum absolute atomic E-state index is 11.9. The first-order valence-electron chi connectivity index (χ1n) is 5.29. The first-order valence-corrected chi connectivity index (χ1v) is 6.17. The number of aryl methyl sites for hydroxylation is 1. The number of rotatable bonds is 1. The Labute approximate surface area is 102 Å². The standard InChI is InChI=1S/C13H10N2OS/c1-8-4-2-3-5-9(8)12-14-10-6-7-17-11(10)13(16)15-12/h2-7H,1H3,(H,14,15,16). The third kappa shape index (κ3) is 1.66. The summed E-state index contributed by atoms with van der Waals surface area (Å²) < 4.78 is 0.683. The first kappa shape index (κ1) is 10.2. The van der Waals surface area contributed by atoms with Crippen LogP contribution in [0.3, 0.4) is 0 Å². The Morgan fingerprint density at radius 2 is 2.06 bits per heavy atom. The number of hydrogen-bond acceptors (Lipinski definition) is 3. The minimum atomic E-state index is -0.0664. The summed E-state index contributed by atoms with van der Waals surface area (Å²) in [5.74, 6) is 0.638. The van der Waals surface area contributed by atoms with Crippen molar-refractivity contribution >= 4 is 21.6 Å². The second-order valence-electron chi connectivity index (χ2n) is 3.86.